The van der Waals surface area contributed by atoms with Gasteiger partial charge in [0, 0.05) is 11.6 Å². The Morgan fingerprint density at radius 3 is 2.58 bits per heavy atom. The van der Waals surface area contributed by atoms with E-state index >= 15 is 0 Å². The molecule has 0 fully saturated rings. The Balaban J connectivity index is 2.85. The SMILES string of the molecule is CCCNC(C)c1cc(F)ccc1OCC(F)(F)F. The predicted molar refractivity (Wildman–Crippen MR) is 64.7 cm³/mol. The van der Waals surface area contributed by atoms with Crippen LogP contribution in [-0.2, 0) is 0 Å². The van der Waals surface area contributed by atoms with Gasteiger partial charge in [-0.15, -0.1) is 0 Å². The third-order valence-electron chi connectivity index (χ3n) is 2.53. The maximum atomic E-state index is 13.2. The molecule has 1 aromatic rings. The van der Waals surface area contributed by atoms with Gasteiger partial charge in [0.25, 0.3) is 0 Å². The summed E-state index contributed by atoms with van der Waals surface area (Å²) in [4.78, 5) is 0. The van der Waals surface area contributed by atoms with Gasteiger partial charge in [-0.2, -0.15) is 13.2 Å². The molecular formula is C13H17F4NO. The van der Waals surface area contributed by atoms with Crippen molar-refractivity contribution in [1.29, 1.82) is 0 Å². The van der Waals surface area contributed by atoms with Crippen LogP contribution in [0, 0.1) is 5.82 Å². The average Bonchev–Trinajstić information content (AvgIpc) is 2.33. The molecule has 0 bridgehead atoms. The molecule has 6 heteroatoms. The molecule has 0 heterocycles. The van der Waals surface area contributed by atoms with Crippen LogP contribution >= 0.6 is 0 Å². The van der Waals surface area contributed by atoms with Gasteiger partial charge in [0.15, 0.2) is 6.61 Å². The van der Waals surface area contributed by atoms with Crippen LogP contribution in [0.4, 0.5) is 17.6 Å². The lowest BCUT2D eigenvalue weighted by Crippen LogP contribution is -2.23. The van der Waals surface area contributed by atoms with Gasteiger partial charge in [0.2, 0.25) is 0 Å². The summed E-state index contributed by atoms with van der Waals surface area (Å²) in [6.07, 6.45) is -3.54. The number of hydrogen-bond donors (Lipinski definition) is 1. The molecule has 0 aliphatic carbocycles. The van der Waals surface area contributed by atoms with Gasteiger partial charge >= 0.3 is 6.18 Å². The quantitative estimate of drug-likeness (QED) is 0.799. The van der Waals surface area contributed by atoms with E-state index in [1.165, 1.54) is 12.1 Å². The van der Waals surface area contributed by atoms with E-state index in [1.807, 2.05) is 6.92 Å². The molecule has 1 rings (SSSR count). The third-order valence-corrected chi connectivity index (χ3v) is 2.53. The van der Waals surface area contributed by atoms with Crippen LogP contribution in [0.2, 0.25) is 0 Å². The number of rotatable bonds is 6. The van der Waals surface area contributed by atoms with Crippen LogP contribution in [-0.4, -0.2) is 19.3 Å². The lowest BCUT2D eigenvalue weighted by molar-refractivity contribution is -0.153. The zero-order valence-electron chi connectivity index (χ0n) is 10.9. The van der Waals surface area contributed by atoms with Crippen LogP contribution in [0.25, 0.3) is 0 Å². The van der Waals surface area contributed by atoms with Crippen molar-refractivity contribution < 1.29 is 22.3 Å². The molecule has 108 valence electrons. The molecule has 0 saturated heterocycles. The highest BCUT2D eigenvalue weighted by atomic mass is 19.4. The zero-order chi connectivity index (χ0) is 14.5. The Morgan fingerprint density at radius 1 is 1.32 bits per heavy atom. The van der Waals surface area contributed by atoms with E-state index in [2.05, 4.69) is 5.32 Å². The number of halogens is 4. The van der Waals surface area contributed by atoms with E-state index in [1.54, 1.807) is 6.92 Å². The fourth-order valence-electron chi connectivity index (χ4n) is 1.62. The first-order valence-corrected chi connectivity index (χ1v) is 6.06. The summed E-state index contributed by atoms with van der Waals surface area (Å²) in [7, 11) is 0. The van der Waals surface area contributed by atoms with E-state index in [0.717, 1.165) is 12.5 Å². The van der Waals surface area contributed by atoms with E-state index in [0.29, 0.717) is 12.1 Å². The van der Waals surface area contributed by atoms with Crippen molar-refractivity contribution >= 4 is 0 Å². The molecule has 2 nitrogen and oxygen atoms in total. The summed E-state index contributed by atoms with van der Waals surface area (Å²) in [5.74, 6) is -0.450. The molecule has 0 spiro atoms. The summed E-state index contributed by atoms with van der Waals surface area (Å²) >= 11 is 0. The van der Waals surface area contributed by atoms with Gasteiger partial charge in [-0.05, 0) is 38.1 Å². The van der Waals surface area contributed by atoms with Crippen LogP contribution < -0.4 is 10.1 Å². The largest absolute Gasteiger partial charge is 0.484 e. The molecule has 1 unspecified atom stereocenters. The monoisotopic (exact) mass is 279 g/mol. The molecule has 0 saturated carbocycles. The first-order valence-electron chi connectivity index (χ1n) is 6.06. The molecule has 0 aromatic heterocycles. The van der Waals surface area contributed by atoms with Crippen molar-refractivity contribution in [2.75, 3.05) is 13.2 Å². The Morgan fingerprint density at radius 2 is 2.00 bits per heavy atom. The molecule has 0 aliphatic rings. The van der Waals surface area contributed by atoms with Crippen LogP contribution in [0.3, 0.4) is 0 Å². The van der Waals surface area contributed by atoms with Gasteiger partial charge in [-0.1, -0.05) is 6.92 Å². The minimum absolute atomic E-state index is 0.0508. The first kappa shape index (κ1) is 15.8. The molecule has 0 amide bonds. The smallest absolute Gasteiger partial charge is 0.422 e. The van der Waals surface area contributed by atoms with Gasteiger partial charge in [0.1, 0.15) is 11.6 Å². The second kappa shape index (κ2) is 6.75. The van der Waals surface area contributed by atoms with Crippen molar-refractivity contribution in [3.63, 3.8) is 0 Å². The van der Waals surface area contributed by atoms with Crippen molar-refractivity contribution in [2.45, 2.75) is 32.5 Å². The van der Waals surface area contributed by atoms with Gasteiger partial charge in [-0.25, -0.2) is 4.39 Å². The second-order valence-corrected chi connectivity index (χ2v) is 4.26. The minimum atomic E-state index is -4.41. The van der Waals surface area contributed by atoms with Crippen LogP contribution in [0.5, 0.6) is 5.75 Å². The topological polar surface area (TPSA) is 21.3 Å². The Bertz CT molecular complexity index is 406. The van der Waals surface area contributed by atoms with E-state index in [9.17, 15) is 17.6 Å². The Hall–Kier alpha value is -1.30. The normalized spacial score (nSPS) is 13.4. The van der Waals surface area contributed by atoms with Crippen molar-refractivity contribution in [1.82, 2.24) is 5.32 Å². The fourth-order valence-corrected chi connectivity index (χ4v) is 1.62. The predicted octanol–water partition coefficient (Wildman–Crippen LogP) is 3.83. The average molecular weight is 279 g/mol. The summed E-state index contributed by atoms with van der Waals surface area (Å²) < 4.78 is 54.3. The van der Waals surface area contributed by atoms with Gasteiger partial charge in [0.05, 0.1) is 0 Å². The van der Waals surface area contributed by atoms with E-state index in [4.69, 9.17) is 4.74 Å². The molecule has 19 heavy (non-hydrogen) atoms. The first-order chi connectivity index (χ1) is 8.83. The van der Waals surface area contributed by atoms with Crippen molar-refractivity contribution in [3.8, 4) is 5.75 Å². The molecule has 1 atom stereocenters. The molecule has 0 radical (unpaired) electrons. The maximum Gasteiger partial charge on any atom is 0.422 e. The highest BCUT2D eigenvalue weighted by Crippen LogP contribution is 2.28. The number of benzene rings is 1. The zero-order valence-corrected chi connectivity index (χ0v) is 10.9. The highest BCUT2D eigenvalue weighted by molar-refractivity contribution is 5.36. The fraction of sp³-hybridized carbons (Fsp3) is 0.538. The minimum Gasteiger partial charge on any atom is -0.484 e. The van der Waals surface area contributed by atoms with Crippen LogP contribution in [0.1, 0.15) is 31.9 Å². The van der Waals surface area contributed by atoms with Crippen LogP contribution in [0.15, 0.2) is 18.2 Å². The lowest BCUT2D eigenvalue weighted by Gasteiger charge is -2.19. The standard InChI is InChI=1S/C13H17F4NO/c1-3-6-18-9(2)11-7-10(14)4-5-12(11)19-8-13(15,16)17/h4-5,7,9,18H,3,6,8H2,1-2H3. The highest BCUT2D eigenvalue weighted by Gasteiger charge is 2.29. The Labute approximate surface area is 109 Å². The molecule has 1 aromatic carbocycles. The third kappa shape index (κ3) is 5.46. The number of nitrogens with one attached hydrogen (secondary N) is 1. The van der Waals surface area contributed by atoms with Crippen molar-refractivity contribution in [3.05, 3.63) is 29.6 Å². The number of alkyl halides is 3. The Kier molecular flexibility index (Phi) is 5.60. The lowest BCUT2D eigenvalue weighted by atomic mass is 10.1. The molecule has 1 N–H and O–H groups in total. The molecule has 0 aliphatic heterocycles. The summed E-state index contributed by atoms with van der Waals surface area (Å²) in [6, 6.07) is 3.22. The molecular weight excluding hydrogens is 262 g/mol. The van der Waals surface area contributed by atoms with Crippen molar-refractivity contribution in [2.24, 2.45) is 0 Å². The summed E-state index contributed by atoms with van der Waals surface area (Å²) in [5.41, 5.74) is 0.387. The van der Waals surface area contributed by atoms with E-state index < -0.39 is 18.6 Å². The maximum absolute atomic E-state index is 13.2. The number of ether oxygens (including phenoxy) is 1. The summed E-state index contributed by atoms with van der Waals surface area (Å²) in [5, 5.41) is 3.09. The van der Waals surface area contributed by atoms with Gasteiger partial charge in [-0.3, -0.25) is 0 Å². The van der Waals surface area contributed by atoms with E-state index in [-0.39, 0.29) is 11.8 Å². The second-order valence-electron chi connectivity index (χ2n) is 4.26. The summed E-state index contributed by atoms with van der Waals surface area (Å²) in [6.45, 7) is 3.03. The van der Waals surface area contributed by atoms with Gasteiger partial charge < -0.3 is 10.1 Å². The number of hydrogen-bond acceptors (Lipinski definition) is 2.